The van der Waals surface area contributed by atoms with Crippen LogP contribution in [-0.4, -0.2) is 14.5 Å². The van der Waals surface area contributed by atoms with E-state index in [0.717, 1.165) is 55.3 Å². The highest BCUT2D eigenvalue weighted by molar-refractivity contribution is 6.14. The zero-order chi connectivity index (χ0) is 36.8. The Labute approximate surface area is 317 Å². The molecule has 10 aromatic rings. The second-order valence-electron chi connectivity index (χ2n) is 14.8. The molecule has 7 aromatic carbocycles. The molecule has 0 aliphatic heterocycles. The Morgan fingerprint density at radius 1 is 0.545 bits per heavy atom. The molecule has 0 atom stereocenters. The van der Waals surface area contributed by atoms with E-state index in [1.54, 1.807) is 0 Å². The molecule has 11 rings (SSSR count). The van der Waals surface area contributed by atoms with E-state index in [4.69, 9.17) is 21.0 Å². The van der Waals surface area contributed by atoms with Crippen molar-refractivity contribution in [2.45, 2.75) is 19.3 Å². The van der Waals surface area contributed by atoms with Gasteiger partial charge in [-0.2, -0.15) is 0 Å². The lowest BCUT2D eigenvalue weighted by atomic mass is 9.82. The van der Waals surface area contributed by atoms with Crippen molar-refractivity contribution < 1.29 is 4.42 Å². The summed E-state index contributed by atoms with van der Waals surface area (Å²) in [6, 6.07) is 54.7. The Morgan fingerprint density at radius 2 is 1.24 bits per heavy atom. The summed E-state index contributed by atoms with van der Waals surface area (Å²) in [5, 5.41) is 4.46. The van der Waals surface area contributed by atoms with E-state index in [0.29, 0.717) is 22.9 Å². The van der Waals surface area contributed by atoms with Crippen LogP contribution in [0.4, 0.5) is 5.69 Å². The van der Waals surface area contributed by atoms with Crippen LogP contribution in [-0.2, 0) is 5.41 Å². The highest BCUT2D eigenvalue weighted by Crippen LogP contribution is 2.51. The van der Waals surface area contributed by atoms with Crippen molar-refractivity contribution in [3.8, 4) is 50.7 Å². The summed E-state index contributed by atoms with van der Waals surface area (Å²) in [5.41, 5.74) is 14.1. The molecule has 0 radical (unpaired) electrons. The van der Waals surface area contributed by atoms with Gasteiger partial charge < -0.3 is 8.98 Å². The van der Waals surface area contributed by atoms with Crippen molar-refractivity contribution in [3.05, 3.63) is 180 Å². The maximum Gasteiger partial charge on any atom is 0.238 e. The lowest BCUT2D eigenvalue weighted by Crippen LogP contribution is -2.14. The van der Waals surface area contributed by atoms with Crippen LogP contribution >= 0.6 is 0 Å². The Balaban J connectivity index is 1.14. The average molecular weight is 705 g/mol. The largest absolute Gasteiger partial charge is 0.454 e. The topological polar surface area (TPSA) is 48.2 Å². The van der Waals surface area contributed by atoms with Crippen LogP contribution in [0.15, 0.2) is 162 Å². The number of hydrogen-bond acceptors (Lipinski definition) is 3. The molecule has 1 aliphatic rings. The van der Waals surface area contributed by atoms with Crippen LogP contribution in [0.1, 0.15) is 25.0 Å². The van der Waals surface area contributed by atoms with Gasteiger partial charge in [0.15, 0.2) is 11.4 Å². The van der Waals surface area contributed by atoms with Crippen molar-refractivity contribution in [3.63, 3.8) is 0 Å². The normalized spacial score (nSPS) is 13.0. The number of aromatic nitrogens is 3. The predicted molar refractivity (Wildman–Crippen MR) is 224 cm³/mol. The quantitative estimate of drug-likeness (QED) is 0.171. The summed E-state index contributed by atoms with van der Waals surface area (Å²) < 4.78 is 9.28. The van der Waals surface area contributed by atoms with E-state index in [-0.39, 0.29) is 5.41 Å². The van der Waals surface area contributed by atoms with Gasteiger partial charge >= 0.3 is 0 Å². The van der Waals surface area contributed by atoms with E-state index in [1.807, 2.05) is 72.8 Å². The summed E-state index contributed by atoms with van der Waals surface area (Å²) in [7, 11) is 0. The number of fused-ring (bicyclic) bond motifs is 9. The smallest absolute Gasteiger partial charge is 0.238 e. The lowest BCUT2D eigenvalue weighted by Gasteiger charge is -2.21. The van der Waals surface area contributed by atoms with Gasteiger partial charge in [0.25, 0.3) is 0 Å². The van der Waals surface area contributed by atoms with Gasteiger partial charge in [0, 0.05) is 32.5 Å². The zero-order valence-electron chi connectivity index (χ0n) is 30.2. The van der Waals surface area contributed by atoms with Gasteiger partial charge in [-0.15, -0.1) is 0 Å². The van der Waals surface area contributed by atoms with Crippen molar-refractivity contribution in [2.24, 2.45) is 0 Å². The average Bonchev–Trinajstić information content (AvgIpc) is 3.85. The molecule has 5 heteroatoms. The standard InChI is InChI=1S/C50H32N4O/c1-50(2)39-22-12-10-19-33(39)37-28-38-34-20-11-13-23-41(34)54(43(38)29-40(37)50)42-24-14-21-36-35-26-25-32(27-44(35)55-48(36)42)46-47(51-3)45(30-15-6-4-7-16-30)52-49(53-46)31-17-8-5-9-18-31/h4-29H,1-2H3. The Bertz CT molecular complexity index is 3240. The molecule has 3 aromatic heterocycles. The fraction of sp³-hybridized carbons (Fsp3) is 0.0600. The molecule has 258 valence electrons. The third-order valence-electron chi connectivity index (χ3n) is 11.4. The third-order valence-corrected chi connectivity index (χ3v) is 11.4. The van der Waals surface area contributed by atoms with Gasteiger partial charge in [-0.1, -0.05) is 135 Å². The fourth-order valence-corrected chi connectivity index (χ4v) is 8.81. The number of para-hydroxylation sites is 2. The number of nitrogens with zero attached hydrogens (tertiary/aromatic N) is 4. The molecule has 0 N–H and O–H groups in total. The van der Waals surface area contributed by atoms with Crippen LogP contribution in [0.3, 0.4) is 0 Å². The van der Waals surface area contributed by atoms with E-state index < -0.39 is 0 Å². The van der Waals surface area contributed by atoms with Crippen LogP contribution in [0.25, 0.3) is 99.3 Å². The van der Waals surface area contributed by atoms with Gasteiger partial charge in [-0.05, 0) is 69.8 Å². The van der Waals surface area contributed by atoms with Crippen molar-refractivity contribution in [1.82, 2.24) is 14.5 Å². The molecule has 0 saturated carbocycles. The third kappa shape index (κ3) is 4.52. The first-order valence-electron chi connectivity index (χ1n) is 18.5. The van der Waals surface area contributed by atoms with E-state index >= 15 is 0 Å². The number of furan rings is 1. The Morgan fingerprint density at radius 3 is 2.04 bits per heavy atom. The highest BCUT2D eigenvalue weighted by atomic mass is 16.3. The van der Waals surface area contributed by atoms with E-state index in [1.165, 1.54) is 33.0 Å². The molecular formula is C50H32N4O. The van der Waals surface area contributed by atoms with Crippen molar-refractivity contribution in [2.75, 3.05) is 0 Å². The minimum absolute atomic E-state index is 0.130. The molecule has 3 heterocycles. The molecule has 1 aliphatic carbocycles. The summed E-state index contributed by atoms with van der Waals surface area (Å²) in [5.74, 6) is 0.568. The van der Waals surface area contributed by atoms with Crippen molar-refractivity contribution in [1.29, 1.82) is 0 Å². The van der Waals surface area contributed by atoms with Crippen LogP contribution in [0, 0.1) is 6.57 Å². The summed E-state index contributed by atoms with van der Waals surface area (Å²) in [6.45, 7) is 13.0. The van der Waals surface area contributed by atoms with Gasteiger partial charge in [-0.25, -0.2) is 14.8 Å². The first kappa shape index (κ1) is 31.3. The summed E-state index contributed by atoms with van der Waals surface area (Å²) in [4.78, 5) is 14.0. The monoisotopic (exact) mass is 704 g/mol. The number of rotatable bonds is 4. The second kappa shape index (κ2) is 11.6. The summed E-state index contributed by atoms with van der Waals surface area (Å²) in [6.07, 6.45) is 0. The molecule has 0 saturated heterocycles. The van der Waals surface area contributed by atoms with E-state index in [9.17, 15) is 0 Å². The molecule has 0 fully saturated rings. The maximum absolute atomic E-state index is 8.32. The molecule has 0 spiro atoms. The molecule has 0 unspecified atom stereocenters. The molecule has 55 heavy (non-hydrogen) atoms. The number of hydrogen-bond donors (Lipinski definition) is 0. The minimum Gasteiger partial charge on any atom is -0.454 e. The molecule has 0 bridgehead atoms. The highest BCUT2D eigenvalue weighted by Gasteiger charge is 2.36. The molecule has 5 nitrogen and oxygen atoms in total. The predicted octanol–water partition coefficient (Wildman–Crippen LogP) is 13.3. The number of benzene rings is 7. The van der Waals surface area contributed by atoms with Gasteiger partial charge in [-0.3, -0.25) is 0 Å². The van der Waals surface area contributed by atoms with Gasteiger partial charge in [0.2, 0.25) is 5.69 Å². The minimum atomic E-state index is -0.130. The lowest BCUT2D eigenvalue weighted by molar-refractivity contribution is 0.660. The Hall–Kier alpha value is -7.29. The molecular weight excluding hydrogens is 673 g/mol. The van der Waals surface area contributed by atoms with Crippen LogP contribution < -0.4 is 0 Å². The first-order chi connectivity index (χ1) is 27.0. The fourth-order valence-electron chi connectivity index (χ4n) is 8.81. The maximum atomic E-state index is 8.32. The van der Waals surface area contributed by atoms with Gasteiger partial charge in [0.1, 0.15) is 5.58 Å². The second-order valence-corrected chi connectivity index (χ2v) is 14.8. The van der Waals surface area contributed by atoms with Crippen LogP contribution in [0.5, 0.6) is 0 Å². The van der Waals surface area contributed by atoms with E-state index in [2.05, 4.69) is 108 Å². The van der Waals surface area contributed by atoms with Gasteiger partial charge in [0.05, 0.1) is 34.7 Å². The Kier molecular flexibility index (Phi) is 6.59. The zero-order valence-corrected chi connectivity index (χ0v) is 30.2. The summed E-state index contributed by atoms with van der Waals surface area (Å²) >= 11 is 0. The molecule has 0 amide bonds. The first-order valence-corrected chi connectivity index (χ1v) is 18.5. The SMILES string of the molecule is [C-]#[N+]c1c(-c2ccccc2)nc(-c2ccccc2)nc1-c1ccc2c(c1)oc1c(-n3c4ccccc4c4cc5c(cc43)C(C)(C)c3ccccc3-5)cccc12. The van der Waals surface area contributed by atoms with Crippen molar-refractivity contribution >= 4 is 49.4 Å². The van der Waals surface area contributed by atoms with Crippen LogP contribution in [0.2, 0.25) is 0 Å².